The smallest absolute Gasteiger partial charge is 0.119 e. The topological polar surface area (TPSA) is 17.1 Å². The summed E-state index contributed by atoms with van der Waals surface area (Å²) in [4.78, 5) is 9.68. The van der Waals surface area contributed by atoms with E-state index < -0.39 is 0 Å². The number of carbonyl (C=O) groups is 1. The maximum absolute atomic E-state index is 9.68. The quantitative estimate of drug-likeness (QED) is 0.337. The average Bonchev–Trinajstić information content (AvgIpc) is 1.69. The van der Waals surface area contributed by atoms with Crippen molar-refractivity contribution < 1.29 is 26.5 Å². The van der Waals surface area contributed by atoms with Crippen LogP contribution >= 0.6 is 0 Å². The first-order valence-electron chi connectivity index (χ1n) is 2.85. The van der Waals surface area contributed by atoms with Crippen LogP contribution in [-0.4, -0.2) is 6.29 Å². The molecule has 8 heavy (non-hydrogen) atoms. The predicted molar refractivity (Wildman–Crippen MR) is 30.2 cm³/mol. The monoisotopic (exact) mass is 148 g/mol. The summed E-state index contributed by atoms with van der Waals surface area (Å²) in [6.45, 7) is 2.13. The molecule has 2 heteroatoms. The van der Waals surface area contributed by atoms with Crippen LogP contribution in [0.5, 0.6) is 0 Å². The van der Waals surface area contributed by atoms with Gasteiger partial charge in [-0.2, -0.15) is 0 Å². The summed E-state index contributed by atoms with van der Waals surface area (Å²) in [6, 6.07) is 0. The number of hydrogen-bond acceptors (Lipinski definition) is 1. The van der Waals surface area contributed by atoms with Gasteiger partial charge in [0.05, 0.1) is 0 Å². The molecule has 0 rings (SSSR count). The Kier molecular flexibility index (Phi) is 14.6. The van der Waals surface area contributed by atoms with E-state index in [0.717, 1.165) is 19.1 Å². The molecule has 0 spiro atoms. The van der Waals surface area contributed by atoms with E-state index in [1.165, 1.54) is 12.8 Å². The van der Waals surface area contributed by atoms with Crippen LogP contribution in [0.25, 0.3) is 0 Å². The maximum atomic E-state index is 9.68. The fourth-order valence-electron chi connectivity index (χ4n) is 0.478. The number of aldehydes is 1. The van der Waals surface area contributed by atoms with Crippen molar-refractivity contribution in [2.24, 2.45) is 0 Å². The zero-order valence-corrected chi connectivity index (χ0v) is 6.88. The van der Waals surface area contributed by atoms with Crippen molar-refractivity contribution in [3.8, 4) is 0 Å². The summed E-state index contributed by atoms with van der Waals surface area (Å²) in [5.41, 5.74) is 0. The van der Waals surface area contributed by atoms with E-state index >= 15 is 0 Å². The third-order valence-electron chi connectivity index (χ3n) is 0.926. The van der Waals surface area contributed by atoms with Crippen LogP contribution in [0.4, 0.5) is 0 Å². The van der Waals surface area contributed by atoms with Crippen LogP contribution in [0, 0.1) is 0 Å². The summed E-state index contributed by atoms with van der Waals surface area (Å²) >= 11 is 0. The largest absolute Gasteiger partial charge is 0.303 e. The Morgan fingerprint density at radius 1 is 1.38 bits per heavy atom. The van der Waals surface area contributed by atoms with Gasteiger partial charge in [0.1, 0.15) is 6.29 Å². The molecule has 0 unspecified atom stereocenters. The molecule has 0 radical (unpaired) electrons. The van der Waals surface area contributed by atoms with Crippen LogP contribution in [-0.2, 0) is 26.5 Å². The fraction of sp³-hybridized carbons (Fsp3) is 0.833. The number of hydrogen-bond donors (Lipinski definition) is 0. The molecule has 0 N–H and O–H groups in total. The van der Waals surface area contributed by atoms with Crippen molar-refractivity contribution in [1.29, 1.82) is 0 Å². The van der Waals surface area contributed by atoms with Gasteiger partial charge in [-0.1, -0.05) is 19.8 Å². The molecule has 46 valence electrons. The van der Waals surface area contributed by atoms with Crippen molar-refractivity contribution in [2.45, 2.75) is 32.6 Å². The first-order chi connectivity index (χ1) is 3.41. The molecule has 0 aromatic rings. The summed E-state index contributed by atoms with van der Waals surface area (Å²) in [7, 11) is 0. The number of carbonyl (C=O) groups excluding carboxylic acids is 1. The first kappa shape index (κ1) is 11.2. The fourth-order valence-corrected chi connectivity index (χ4v) is 0.478. The Labute approximate surface area is 65.7 Å². The van der Waals surface area contributed by atoms with Crippen LogP contribution in [0.3, 0.4) is 0 Å². The van der Waals surface area contributed by atoms with Gasteiger partial charge in [0.25, 0.3) is 0 Å². The van der Waals surface area contributed by atoms with E-state index in [1.807, 2.05) is 0 Å². The van der Waals surface area contributed by atoms with Gasteiger partial charge in [0, 0.05) is 28.1 Å². The summed E-state index contributed by atoms with van der Waals surface area (Å²) in [5, 5.41) is 0. The Morgan fingerprint density at radius 2 is 2.00 bits per heavy atom. The minimum Gasteiger partial charge on any atom is -0.303 e. The van der Waals surface area contributed by atoms with Gasteiger partial charge in [0.2, 0.25) is 0 Å². The predicted octanol–water partition coefficient (Wildman–Crippen LogP) is 1.76. The van der Waals surface area contributed by atoms with Gasteiger partial charge in [-0.05, 0) is 6.42 Å². The zero-order valence-electron chi connectivity index (χ0n) is 5.31. The van der Waals surface area contributed by atoms with E-state index in [-0.39, 0.29) is 21.7 Å². The molecule has 0 heterocycles. The Bertz CT molecular complexity index is 45.8. The van der Waals surface area contributed by atoms with Crippen molar-refractivity contribution >= 4 is 6.29 Å². The van der Waals surface area contributed by atoms with Crippen molar-refractivity contribution in [2.75, 3.05) is 0 Å². The minimum atomic E-state index is 0. The van der Waals surface area contributed by atoms with E-state index in [9.17, 15) is 4.79 Å². The summed E-state index contributed by atoms with van der Waals surface area (Å²) in [5.74, 6) is 0. The molecular weight excluding hydrogens is 136 g/mol. The van der Waals surface area contributed by atoms with Crippen molar-refractivity contribution in [3.63, 3.8) is 0 Å². The van der Waals surface area contributed by atoms with E-state index in [0.29, 0.717) is 0 Å². The van der Waals surface area contributed by atoms with Crippen molar-refractivity contribution in [1.82, 2.24) is 0 Å². The molecule has 0 saturated carbocycles. The molecule has 0 aliphatic carbocycles. The number of rotatable bonds is 4. The second kappa shape index (κ2) is 10.4. The molecule has 0 aromatic heterocycles. The third-order valence-corrected chi connectivity index (χ3v) is 0.926. The average molecular weight is 148 g/mol. The molecule has 0 aliphatic heterocycles. The molecule has 0 fully saturated rings. The maximum Gasteiger partial charge on any atom is 0.119 e. The number of unbranched alkanes of at least 4 members (excludes halogenated alkanes) is 3. The summed E-state index contributed by atoms with van der Waals surface area (Å²) in [6.07, 6.45) is 5.19. The Hall–Kier alpha value is 0.384. The van der Waals surface area contributed by atoms with E-state index in [2.05, 4.69) is 6.92 Å². The van der Waals surface area contributed by atoms with Gasteiger partial charge < -0.3 is 4.79 Å². The SMILES string of the molecule is CCCCCC=O.[Ti]. The minimum absolute atomic E-state index is 0. The van der Waals surface area contributed by atoms with Gasteiger partial charge in [0.15, 0.2) is 0 Å². The van der Waals surface area contributed by atoms with E-state index in [4.69, 9.17) is 0 Å². The molecule has 0 atom stereocenters. The summed E-state index contributed by atoms with van der Waals surface area (Å²) < 4.78 is 0. The van der Waals surface area contributed by atoms with Crippen molar-refractivity contribution in [3.05, 3.63) is 0 Å². The molecular formula is C6H12OTi. The molecule has 0 amide bonds. The second-order valence-corrected chi connectivity index (χ2v) is 1.66. The molecule has 0 saturated heterocycles. The third kappa shape index (κ3) is 9.63. The van der Waals surface area contributed by atoms with E-state index in [1.54, 1.807) is 0 Å². The van der Waals surface area contributed by atoms with Crippen LogP contribution < -0.4 is 0 Å². The van der Waals surface area contributed by atoms with Gasteiger partial charge in [-0.25, -0.2) is 0 Å². The normalized spacial score (nSPS) is 7.62. The van der Waals surface area contributed by atoms with Crippen LogP contribution in [0.1, 0.15) is 32.6 Å². The molecule has 0 bridgehead atoms. The van der Waals surface area contributed by atoms with Gasteiger partial charge >= 0.3 is 0 Å². The molecule has 1 nitrogen and oxygen atoms in total. The molecule has 0 aromatic carbocycles. The second-order valence-electron chi connectivity index (χ2n) is 1.66. The van der Waals surface area contributed by atoms with Gasteiger partial charge in [-0.15, -0.1) is 0 Å². The van der Waals surface area contributed by atoms with Gasteiger partial charge in [-0.3, -0.25) is 0 Å². The standard InChI is InChI=1S/C6H12O.Ti/c1-2-3-4-5-6-7;/h6H,2-5H2,1H3;. The Morgan fingerprint density at radius 3 is 2.38 bits per heavy atom. The zero-order chi connectivity index (χ0) is 5.54. The first-order valence-corrected chi connectivity index (χ1v) is 2.85. The Balaban J connectivity index is 0. The van der Waals surface area contributed by atoms with Crippen LogP contribution in [0.2, 0.25) is 0 Å². The van der Waals surface area contributed by atoms with Crippen LogP contribution in [0.15, 0.2) is 0 Å². The molecule has 0 aliphatic rings.